The van der Waals surface area contributed by atoms with Crippen LogP contribution in [0.5, 0.6) is 5.75 Å². The van der Waals surface area contributed by atoms with Crippen LogP contribution in [0.4, 0.5) is 5.69 Å². The monoisotopic (exact) mass is 266 g/mol. The van der Waals surface area contributed by atoms with Gasteiger partial charge in [-0.2, -0.15) is 0 Å². The van der Waals surface area contributed by atoms with Gasteiger partial charge in [0.2, 0.25) is 0 Å². The first-order chi connectivity index (χ1) is 9.02. The molecule has 0 saturated carbocycles. The van der Waals surface area contributed by atoms with Gasteiger partial charge in [0.05, 0.1) is 12.5 Å². The van der Waals surface area contributed by atoms with E-state index in [0.717, 1.165) is 11.4 Å². The lowest BCUT2D eigenvalue weighted by atomic mass is 10.2. The van der Waals surface area contributed by atoms with Gasteiger partial charge in [0, 0.05) is 25.3 Å². The fourth-order valence-electron chi connectivity index (χ4n) is 1.76. The molecule has 0 heterocycles. The van der Waals surface area contributed by atoms with E-state index >= 15 is 0 Å². The minimum atomic E-state index is -0.804. The lowest BCUT2D eigenvalue weighted by molar-refractivity contribution is -0.136. The molecule has 0 aliphatic rings. The van der Waals surface area contributed by atoms with E-state index in [-0.39, 0.29) is 12.5 Å². The van der Waals surface area contributed by atoms with Gasteiger partial charge in [-0.15, -0.1) is 0 Å². The SMILES string of the molecule is CC(C)Oc1ccc(N(CCN)CCC(=O)O)cc1. The number of aliphatic carboxylic acids is 1. The number of nitrogens with two attached hydrogens (primary N) is 1. The highest BCUT2D eigenvalue weighted by Crippen LogP contribution is 2.20. The van der Waals surface area contributed by atoms with Crippen LogP contribution in [-0.4, -0.2) is 36.8 Å². The molecule has 1 rings (SSSR count). The number of hydrogen-bond donors (Lipinski definition) is 2. The molecular weight excluding hydrogens is 244 g/mol. The minimum Gasteiger partial charge on any atom is -0.491 e. The predicted octanol–water partition coefficient (Wildman–Crippen LogP) is 1.71. The summed E-state index contributed by atoms with van der Waals surface area (Å²) in [6.45, 7) is 5.53. The molecule has 0 amide bonds. The van der Waals surface area contributed by atoms with Crippen molar-refractivity contribution >= 4 is 11.7 Å². The molecule has 1 aromatic carbocycles. The van der Waals surface area contributed by atoms with Crippen molar-refractivity contribution in [3.05, 3.63) is 24.3 Å². The Bertz CT molecular complexity index is 390. The maximum absolute atomic E-state index is 10.6. The summed E-state index contributed by atoms with van der Waals surface area (Å²) >= 11 is 0. The summed E-state index contributed by atoms with van der Waals surface area (Å²) in [4.78, 5) is 12.6. The Morgan fingerprint density at radius 1 is 1.32 bits per heavy atom. The standard InChI is InChI=1S/C14H22N2O3/c1-11(2)19-13-5-3-12(4-6-13)16(10-8-15)9-7-14(17)18/h3-6,11H,7-10,15H2,1-2H3,(H,17,18). The van der Waals surface area contributed by atoms with Gasteiger partial charge in [0.1, 0.15) is 5.75 Å². The molecule has 3 N–H and O–H groups in total. The van der Waals surface area contributed by atoms with E-state index in [0.29, 0.717) is 19.6 Å². The van der Waals surface area contributed by atoms with E-state index in [1.165, 1.54) is 0 Å². The van der Waals surface area contributed by atoms with Gasteiger partial charge in [-0.3, -0.25) is 4.79 Å². The summed E-state index contributed by atoms with van der Waals surface area (Å²) in [5, 5.41) is 8.74. The van der Waals surface area contributed by atoms with E-state index < -0.39 is 5.97 Å². The Kier molecular flexibility index (Phi) is 6.15. The smallest absolute Gasteiger partial charge is 0.305 e. The first-order valence-corrected chi connectivity index (χ1v) is 6.46. The van der Waals surface area contributed by atoms with E-state index in [9.17, 15) is 4.79 Å². The second-order valence-electron chi connectivity index (χ2n) is 4.58. The van der Waals surface area contributed by atoms with Gasteiger partial charge in [-0.25, -0.2) is 0 Å². The summed E-state index contributed by atoms with van der Waals surface area (Å²) in [5.41, 5.74) is 6.52. The molecule has 0 radical (unpaired) electrons. The number of rotatable bonds is 8. The first-order valence-electron chi connectivity index (χ1n) is 6.46. The number of carboxylic acids is 1. The van der Waals surface area contributed by atoms with Gasteiger partial charge in [-0.1, -0.05) is 0 Å². The second-order valence-corrected chi connectivity index (χ2v) is 4.58. The van der Waals surface area contributed by atoms with Crippen LogP contribution >= 0.6 is 0 Å². The molecule has 5 heteroatoms. The minimum absolute atomic E-state index is 0.101. The third kappa shape index (κ3) is 5.61. The molecule has 0 spiro atoms. The molecule has 5 nitrogen and oxygen atoms in total. The summed E-state index contributed by atoms with van der Waals surface area (Å²) in [6.07, 6.45) is 0.238. The van der Waals surface area contributed by atoms with Crippen LogP contribution in [0.15, 0.2) is 24.3 Å². The van der Waals surface area contributed by atoms with Gasteiger partial charge < -0.3 is 20.5 Å². The lowest BCUT2D eigenvalue weighted by Gasteiger charge is -2.23. The zero-order chi connectivity index (χ0) is 14.3. The molecule has 0 unspecified atom stereocenters. The number of anilines is 1. The number of carbonyl (C=O) groups is 1. The Morgan fingerprint density at radius 3 is 2.42 bits per heavy atom. The van der Waals surface area contributed by atoms with Crippen LogP contribution in [0, 0.1) is 0 Å². The Hall–Kier alpha value is -1.75. The summed E-state index contributed by atoms with van der Waals surface area (Å²) in [6, 6.07) is 7.63. The average Bonchev–Trinajstić information content (AvgIpc) is 2.34. The van der Waals surface area contributed by atoms with Gasteiger partial charge >= 0.3 is 5.97 Å². The third-order valence-electron chi connectivity index (χ3n) is 2.57. The van der Waals surface area contributed by atoms with Gasteiger partial charge in [-0.05, 0) is 38.1 Å². The van der Waals surface area contributed by atoms with Gasteiger partial charge in [0.15, 0.2) is 0 Å². The number of ether oxygens (including phenoxy) is 1. The second kappa shape index (κ2) is 7.63. The van der Waals surface area contributed by atoms with Crippen molar-refractivity contribution in [3.8, 4) is 5.75 Å². The molecule has 0 bridgehead atoms. The van der Waals surface area contributed by atoms with Crippen molar-refractivity contribution in [1.82, 2.24) is 0 Å². The normalized spacial score (nSPS) is 10.5. The van der Waals surface area contributed by atoms with Crippen LogP contribution in [0.3, 0.4) is 0 Å². The van der Waals surface area contributed by atoms with Crippen LogP contribution in [0.25, 0.3) is 0 Å². The van der Waals surface area contributed by atoms with E-state index in [4.69, 9.17) is 15.6 Å². The highest BCUT2D eigenvalue weighted by molar-refractivity contribution is 5.67. The molecule has 19 heavy (non-hydrogen) atoms. The predicted molar refractivity (Wildman–Crippen MR) is 75.7 cm³/mol. The maximum Gasteiger partial charge on any atom is 0.305 e. The number of carboxylic acid groups (broad SMARTS) is 1. The van der Waals surface area contributed by atoms with E-state index in [2.05, 4.69) is 0 Å². The lowest BCUT2D eigenvalue weighted by Crippen LogP contribution is -2.31. The molecule has 0 fully saturated rings. The number of benzene rings is 1. The zero-order valence-electron chi connectivity index (χ0n) is 11.5. The van der Waals surface area contributed by atoms with Crippen molar-refractivity contribution in [2.24, 2.45) is 5.73 Å². The molecule has 0 atom stereocenters. The number of nitrogens with zero attached hydrogens (tertiary/aromatic N) is 1. The van der Waals surface area contributed by atoms with Crippen LogP contribution in [-0.2, 0) is 4.79 Å². The fraction of sp³-hybridized carbons (Fsp3) is 0.500. The van der Waals surface area contributed by atoms with Crippen LogP contribution in [0.1, 0.15) is 20.3 Å². The molecule has 1 aromatic rings. The largest absolute Gasteiger partial charge is 0.491 e. The number of hydrogen-bond acceptors (Lipinski definition) is 4. The molecule has 106 valence electrons. The molecule has 0 aliphatic heterocycles. The molecule has 0 aromatic heterocycles. The molecule has 0 saturated heterocycles. The van der Waals surface area contributed by atoms with Crippen molar-refractivity contribution < 1.29 is 14.6 Å². The Labute approximate surface area is 114 Å². The summed E-state index contributed by atoms with van der Waals surface area (Å²) in [5.74, 6) is 0.00599. The van der Waals surface area contributed by atoms with Crippen molar-refractivity contribution in [2.75, 3.05) is 24.5 Å². The quantitative estimate of drug-likeness (QED) is 0.749. The highest BCUT2D eigenvalue weighted by Gasteiger charge is 2.08. The highest BCUT2D eigenvalue weighted by atomic mass is 16.5. The third-order valence-corrected chi connectivity index (χ3v) is 2.57. The van der Waals surface area contributed by atoms with Gasteiger partial charge in [0.25, 0.3) is 0 Å². The zero-order valence-corrected chi connectivity index (χ0v) is 11.5. The van der Waals surface area contributed by atoms with Crippen LogP contribution < -0.4 is 15.4 Å². The molecular formula is C14H22N2O3. The Morgan fingerprint density at radius 2 is 1.95 bits per heavy atom. The maximum atomic E-state index is 10.6. The Balaban J connectivity index is 2.70. The average molecular weight is 266 g/mol. The first kappa shape index (κ1) is 15.3. The van der Waals surface area contributed by atoms with E-state index in [1.54, 1.807) is 0 Å². The van der Waals surface area contributed by atoms with E-state index in [1.807, 2.05) is 43.0 Å². The summed E-state index contributed by atoms with van der Waals surface area (Å²) in [7, 11) is 0. The fourth-order valence-corrected chi connectivity index (χ4v) is 1.76. The molecule has 0 aliphatic carbocycles. The van der Waals surface area contributed by atoms with Crippen molar-refractivity contribution in [3.63, 3.8) is 0 Å². The van der Waals surface area contributed by atoms with Crippen LogP contribution in [0.2, 0.25) is 0 Å². The topological polar surface area (TPSA) is 75.8 Å². The van der Waals surface area contributed by atoms with Crippen molar-refractivity contribution in [2.45, 2.75) is 26.4 Å². The van der Waals surface area contributed by atoms with Crippen molar-refractivity contribution in [1.29, 1.82) is 0 Å². The summed E-state index contributed by atoms with van der Waals surface area (Å²) < 4.78 is 5.57.